The van der Waals surface area contributed by atoms with E-state index in [9.17, 15) is 4.79 Å². The molecule has 0 radical (unpaired) electrons. The lowest BCUT2D eigenvalue weighted by Gasteiger charge is -2.16. The van der Waals surface area contributed by atoms with E-state index in [1.165, 1.54) is 5.56 Å². The van der Waals surface area contributed by atoms with Gasteiger partial charge in [0.2, 0.25) is 0 Å². The van der Waals surface area contributed by atoms with Gasteiger partial charge in [-0.3, -0.25) is 4.79 Å². The van der Waals surface area contributed by atoms with E-state index in [1.54, 1.807) is 6.07 Å². The minimum atomic E-state index is -0.102. The Morgan fingerprint density at radius 3 is 2.64 bits per heavy atom. The predicted molar refractivity (Wildman–Crippen MR) is 88.7 cm³/mol. The molecule has 0 fully saturated rings. The van der Waals surface area contributed by atoms with Crippen LogP contribution < -0.4 is 5.32 Å². The molecule has 22 heavy (non-hydrogen) atoms. The third-order valence-corrected chi connectivity index (χ3v) is 3.42. The maximum atomic E-state index is 11.9. The van der Waals surface area contributed by atoms with Crippen LogP contribution in [0.5, 0.6) is 0 Å². The summed E-state index contributed by atoms with van der Waals surface area (Å²) in [6.45, 7) is 4.41. The maximum absolute atomic E-state index is 11.9. The standard InChI is InChI=1S/C18H23N3O/c1-15-8-6-11-17(20-15)18(22)19-12-7-13-21(2)14-16-9-4-3-5-10-16/h3-6,8-11H,7,12-14H2,1-2H3,(H,19,22). The first-order valence-corrected chi connectivity index (χ1v) is 7.59. The molecule has 1 amide bonds. The Bertz CT molecular complexity index is 598. The van der Waals surface area contributed by atoms with Crippen LogP contribution in [0.4, 0.5) is 0 Å². The number of carbonyl (C=O) groups is 1. The highest BCUT2D eigenvalue weighted by Crippen LogP contribution is 2.03. The Balaban J connectivity index is 1.67. The predicted octanol–water partition coefficient (Wildman–Crippen LogP) is 2.64. The number of pyridine rings is 1. The highest BCUT2D eigenvalue weighted by Gasteiger charge is 2.06. The van der Waals surface area contributed by atoms with Crippen LogP contribution in [0.1, 0.15) is 28.2 Å². The van der Waals surface area contributed by atoms with Crippen LogP contribution in [-0.4, -0.2) is 35.9 Å². The SMILES string of the molecule is Cc1cccc(C(=O)NCCCN(C)Cc2ccccc2)n1. The highest BCUT2D eigenvalue weighted by atomic mass is 16.1. The Hall–Kier alpha value is -2.20. The van der Waals surface area contributed by atoms with Crippen molar-refractivity contribution in [2.24, 2.45) is 0 Å². The van der Waals surface area contributed by atoms with E-state index in [2.05, 4.69) is 46.5 Å². The van der Waals surface area contributed by atoms with Crippen LogP contribution in [0.2, 0.25) is 0 Å². The van der Waals surface area contributed by atoms with Gasteiger partial charge in [0.25, 0.3) is 5.91 Å². The lowest BCUT2D eigenvalue weighted by atomic mass is 10.2. The molecule has 116 valence electrons. The number of hydrogen-bond acceptors (Lipinski definition) is 3. The Morgan fingerprint density at radius 2 is 1.91 bits per heavy atom. The van der Waals surface area contributed by atoms with Crippen molar-refractivity contribution in [3.8, 4) is 0 Å². The van der Waals surface area contributed by atoms with Crippen molar-refractivity contribution in [1.29, 1.82) is 0 Å². The minimum absolute atomic E-state index is 0.102. The van der Waals surface area contributed by atoms with E-state index in [0.29, 0.717) is 12.2 Å². The van der Waals surface area contributed by atoms with Gasteiger partial charge in [-0.2, -0.15) is 0 Å². The molecule has 0 spiro atoms. The van der Waals surface area contributed by atoms with Crippen molar-refractivity contribution in [3.63, 3.8) is 0 Å². The Morgan fingerprint density at radius 1 is 1.14 bits per heavy atom. The van der Waals surface area contributed by atoms with Crippen molar-refractivity contribution in [1.82, 2.24) is 15.2 Å². The second-order valence-corrected chi connectivity index (χ2v) is 5.50. The van der Waals surface area contributed by atoms with Gasteiger partial charge < -0.3 is 10.2 Å². The Labute approximate surface area is 132 Å². The quantitative estimate of drug-likeness (QED) is 0.799. The third kappa shape index (κ3) is 5.30. The molecule has 1 aromatic carbocycles. The topological polar surface area (TPSA) is 45.2 Å². The summed E-state index contributed by atoms with van der Waals surface area (Å²) in [6.07, 6.45) is 0.918. The van der Waals surface area contributed by atoms with Crippen molar-refractivity contribution < 1.29 is 4.79 Å². The first kappa shape index (κ1) is 16.2. The van der Waals surface area contributed by atoms with E-state index >= 15 is 0 Å². The summed E-state index contributed by atoms with van der Waals surface area (Å²) in [5.41, 5.74) is 2.64. The second-order valence-electron chi connectivity index (χ2n) is 5.50. The summed E-state index contributed by atoms with van der Waals surface area (Å²) < 4.78 is 0. The van der Waals surface area contributed by atoms with Gasteiger partial charge in [-0.1, -0.05) is 36.4 Å². The molecule has 1 N–H and O–H groups in total. The van der Waals surface area contributed by atoms with Gasteiger partial charge >= 0.3 is 0 Å². The van der Waals surface area contributed by atoms with Crippen molar-refractivity contribution >= 4 is 5.91 Å². The van der Waals surface area contributed by atoms with Crippen LogP contribution >= 0.6 is 0 Å². The number of rotatable bonds is 7. The van der Waals surface area contributed by atoms with Gasteiger partial charge in [0, 0.05) is 18.8 Å². The van der Waals surface area contributed by atoms with Gasteiger partial charge in [0.1, 0.15) is 5.69 Å². The van der Waals surface area contributed by atoms with Crippen LogP contribution in [-0.2, 0) is 6.54 Å². The second kappa shape index (κ2) is 8.29. The molecule has 4 heteroatoms. The summed E-state index contributed by atoms with van der Waals surface area (Å²) in [6, 6.07) is 15.9. The van der Waals surface area contributed by atoms with Gasteiger partial charge in [-0.15, -0.1) is 0 Å². The number of aryl methyl sites for hydroxylation is 1. The molecule has 2 aromatic rings. The molecule has 0 aliphatic heterocycles. The number of benzene rings is 1. The normalized spacial score (nSPS) is 10.7. The molecule has 4 nitrogen and oxygen atoms in total. The monoisotopic (exact) mass is 297 g/mol. The molecular formula is C18H23N3O. The van der Waals surface area contributed by atoms with E-state index < -0.39 is 0 Å². The van der Waals surface area contributed by atoms with E-state index in [-0.39, 0.29) is 5.91 Å². The van der Waals surface area contributed by atoms with Crippen LogP contribution in [0, 0.1) is 6.92 Å². The van der Waals surface area contributed by atoms with Gasteiger partial charge in [-0.05, 0) is 44.6 Å². The molecule has 0 atom stereocenters. The lowest BCUT2D eigenvalue weighted by molar-refractivity contribution is 0.0946. The van der Waals surface area contributed by atoms with Crippen LogP contribution in [0.3, 0.4) is 0 Å². The fourth-order valence-electron chi connectivity index (χ4n) is 2.29. The maximum Gasteiger partial charge on any atom is 0.269 e. The number of hydrogen-bond donors (Lipinski definition) is 1. The molecule has 2 rings (SSSR count). The molecule has 1 heterocycles. The summed E-state index contributed by atoms with van der Waals surface area (Å²) in [5.74, 6) is -0.102. The smallest absolute Gasteiger partial charge is 0.269 e. The number of amides is 1. The average molecular weight is 297 g/mol. The van der Waals surface area contributed by atoms with Crippen LogP contribution in [0.15, 0.2) is 48.5 Å². The lowest BCUT2D eigenvalue weighted by Crippen LogP contribution is -2.28. The molecule has 0 unspecified atom stereocenters. The molecule has 0 saturated carbocycles. The number of nitrogens with zero attached hydrogens (tertiary/aromatic N) is 2. The first-order chi connectivity index (χ1) is 10.6. The number of nitrogens with one attached hydrogen (secondary N) is 1. The fourth-order valence-corrected chi connectivity index (χ4v) is 2.29. The first-order valence-electron chi connectivity index (χ1n) is 7.59. The zero-order valence-electron chi connectivity index (χ0n) is 13.2. The van der Waals surface area contributed by atoms with Crippen molar-refractivity contribution in [3.05, 3.63) is 65.5 Å². The molecule has 0 aliphatic rings. The summed E-state index contributed by atoms with van der Waals surface area (Å²) in [7, 11) is 2.09. The van der Waals surface area contributed by atoms with Crippen LogP contribution in [0.25, 0.3) is 0 Å². The van der Waals surface area contributed by atoms with Crippen molar-refractivity contribution in [2.75, 3.05) is 20.1 Å². The van der Waals surface area contributed by atoms with E-state index in [1.807, 2.05) is 25.1 Å². The van der Waals surface area contributed by atoms with E-state index in [4.69, 9.17) is 0 Å². The molecule has 0 aliphatic carbocycles. The molecule has 1 aromatic heterocycles. The summed E-state index contributed by atoms with van der Waals surface area (Å²) in [5, 5.41) is 2.92. The minimum Gasteiger partial charge on any atom is -0.351 e. The summed E-state index contributed by atoms with van der Waals surface area (Å²) >= 11 is 0. The largest absolute Gasteiger partial charge is 0.351 e. The molecule has 0 bridgehead atoms. The number of carbonyl (C=O) groups excluding carboxylic acids is 1. The average Bonchev–Trinajstić information content (AvgIpc) is 2.52. The highest BCUT2D eigenvalue weighted by molar-refractivity contribution is 5.92. The van der Waals surface area contributed by atoms with E-state index in [0.717, 1.165) is 25.2 Å². The zero-order valence-corrected chi connectivity index (χ0v) is 13.2. The third-order valence-electron chi connectivity index (χ3n) is 3.42. The Kier molecular flexibility index (Phi) is 6.10. The number of aromatic nitrogens is 1. The zero-order chi connectivity index (χ0) is 15.8. The molecule has 0 saturated heterocycles. The molecular weight excluding hydrogens is 274 g/mol. The van der Waals surface area contributed by atoms with Gasteiger partial charge in [0.15, 0.2) is 0 Å². The van der Waals surface area contributed by atoms with Crippen molar-refractivity contribution in [2.45, 2.75) is 19.9 Å². The van der Waals surface area contributed by atoms with Gasteiger partial charge in [-0.25, -0.2) is 4.98 Å². The fraction of sp³-hybridized carbons (Fsp3) is 0.333. The summed E-state index contributed by atoms with van der Waals surface area (Å²) in [4.78, 5) is 18.4. The van der Waals surface area contributed by atoms with Gasteiger partial charge in [0.05, 0.1) is 0 Å².